The van der Waals surface area contributed by atoms with Crippen molar-refractivity contribution in [3.63, 3.8) is 0 Å². The Morgan fingerprint density at radius 1 is 1.32 bits per heavy atom. The van der Waals surface area contributed by atoms with E-state index in [0.717, 1.165) is 36.0 Å². The summed E-state index contributed by atoms with van der Waals surface area (Å²) in [5, 5.41) is 7.54. The molecule has 0 spiro atoms. The van der Waals surface area contributed by atoms with E-state index in [1.54, 1.807) is 0 Å². The Bertz CT molecular complexity index is 703. The summed E-state index contributed by atoms with van der Waals surface area (Å²) in [6, 6.07) is 8.04. The second-order valence-corrected chi connectivity index (χ2v) is 6.69. The number of rotatable bonds is 4. The second-order valence-electron chi connectivity index (χ2n) is 6.69. The zero-order valence-electron chi connectivity index (χ0n) is 14.9. The molecular weight excluding hydrogens is 361 g/mol. The Morgan fingerprint density at radius 2 is 2.04 bits per heavy atom. The average Bonchev–Trinajstić information content (AvgIpc) is 2.88. The van der Waals surface area contributed by atoms with Crippen LogP contribution in [0.25, 0.3) is 11.0 Å². The predicted molar refractivity (Wildman–Crippen MR) is 106 cm³/mol. The molecular formula is C18H27Cl2N3O2. The summed E-state index contributed by atoms with van der Waals surface area (Å²) in [5.41, 5.74) is 1.73. The molecule has 1 saturated heterocycles. The third-order valence-corrected chi connectivity index (χ3v) is 4.48. The molecule has 0 radical (unpaired) electrons. The largest absolute Gasteiger partial charge is 0.451 e. The molecule has 2 N–H and O–H groups in total. The van der Waals surface area contributed by atoms with Crippen molar-refractivity contribution in [1.29, 1.82) is 0 Å². The molecule has 7 heteroatoms. The maximum absolute atomic E-state index is 12.8. The number of para-hydroxylation sites is 1. The number of nitrogens with one attached hydrogen (secondary N) is 2. The minimum absolute atomic E-state index is 0. The SMILES string of the molecule is CC1CNCCC1NC(=O)c1oc2ccccc2c1CN(C)C.Cl.Cl. The highest BCUT2D eigenvalue weighted by molar-refractivity contribution is 5.99. The predicted octanol–water partition coefficient (Wildman–Crippen LogP) is 3.07. The van der Waals surface area contributed by atoms with Gasteiger partial charge < -0.3 is 20.0 Å². The highest BCUT2D eigenvalue weighted by Gasteiger charge is 2.26. The number of furan rings is 1. The van der Waals surface area contributed by atoms with Gasteiger partial charge in [0.15, 0.2) is 5.76 Å². The zero-order valence-corrected chi connectivity index (χ0v) is 16.5. The fourth-order valence-electron chi connectivity index (χ4n) is 3.22. The Balaban J connectivity index is 0.00000156. The number of nitrogens with zero attached hydrogens (tertiary/aromatic N) is 1. The van der Waals surface area contributed by atoms with Crippen LogP contribution in [0.1, 0.15) is 29.5 Å². The van der Waals surface area contributed by atoms with Crippen molar-refractivity contribution in [2.75, 3.05) is 27.2 Å². The number of benzene rings is 1. The lowest BCUT2D eigenvalue weighted by Gasteiger charge is -2.30. The van der Waals surface area contributed by atoms with Crippen LogP contribution in [-0.2, 0) is 6.54 Å². The van der Waals surface area contributed by atoms with Crippen LogP contribution in [0.15, 0.2) is 28.7 Å². The summed E-state index contributed by atoms with van der Waals surface area (Å²) in [7, 11) is 4.00. The van der Waals surface area contributed by atoms with Gasteiger partial charge in [-0.2, -0.15) is 0 Å². The fourth-order valence-corrected chi connectivity index (χ4v) is 3.22. The van der Waals surface area contributed by atoms with E-state index in [-0.39, 0.29) is 36.8 Å². The van der Waals surface area contributed by atoms with Gasteiger partial charge in [0.1, 0.15) is 5.58 Å². The molecule has 25 heavy (non-hydrogen) atoms. The zero-order chi connectivity index (χ0) is 16.4. The summed E-state index contributed by atoms with van der Waals surface area (Å²) < 4.78 is 5.88. The van der Waals surface area contributed by atoms with Crippen LogP contribution in [0, 0.1) is 5.92 Å². The van der Waals surface area contributed by atoms with Crippen molar-refractivity contribution in [3.05, 3.63) is 35.6 Å². The first kappa shape index (κ1) is 21.8. The van der Waals surface area contributed by atoms with E-state index < -0.39 is 0 Å². The van der Waals surface area contributed by atoms with Gasteiger partial charge in [-0.3, -0.25) is 4.79 Å². The van der Waals surface area contributed by atoms with E-state index in [9.17, 15) is 4.79 Å². The van der Waals surface area contributed by atoms with Crippen LogP contribution >= 0.6 is 24.8 Å². The van der Waals surface area contributed by atoms with Gasteiger partial charge >= 0.3 is 0 Å². The molecule has 0 saturated carbocycles. The quantitative estimate of drug-likeness (QED) is 0.845. The van der Waals surface area contributed by atoms with Crippen molar-refractivity contribution >= 4 is 41.7 Å². The van der Waals surface area contributed by atoms with Crippen molar-refractivity contribution in [3.8, 4) is 0 Å². The van der Waals surface area contributed by atoms with E-state index in [2.05, 4.69) is 22.5 Å². The monoisotopic (exact) mass is 387 g/mol. The summed E-state index contributed by atoms with van der Waals surface area (Å²) in [6.45, 7) is 4.73. The Kier molecular flexibility index (Phi) is 8.22. The Morgan fingerprint density at radius 3 is 2.72 bits per heavy atom. The number of fused-ring (bicyclic) bond motifs is 1. The van der Waals surface area contributed by atoms with Crippen molar-refractivity contribution in [2.45, 2.75) is 25.9 Å². The summed E-state index contributed by atoms with van der Waals surface area (Å²) in [6.07, 6.45) is 0.955. The van der Waals surface area contributed by atoms with Crippen LogP contribution in [0.3, 0.4) is 0 Å². The van der Waals surface area contributed by atoms with E-state index in [1.807, 2.05) is 38.4 Å². The summed E-state index contributed by atoms with van der Waals surface area (Å²) in [5.74, 6) is 0.775. The summed E-state index contributed by atoms with van der Waals surface area (Å²) in [4.78, 5) is 14.8. The molecule has 1 aliphatic heterocycles. The highest BCUT2D eigenvalue weighted by Crippen LogP contribution is 2.27. The van der Waals surface area contributed by atoms with Gasteiger partial charge in [0.05, 0.1) is 0 Å². The van der Waals surface area contributed by atoms with Crippen LogP contribution in [-0.4, -0.2) is 44.0 Å². The topological polar surface area (TPSA) is 57.5 Å². The Labute approximate surface area is 161 Å². The van der Waals surface area contributed by atoms with Crippen molar-refractivity contribution < 1.29 is 9.21 Å². The maximum Gasteiger partial charge on any atom is 0.287 e. The van der Waals surface area contributed by atoms with Crippen molar-refractivity contribution in [1.82, 2.24) is 15.5 Å². The number of halogens is 2. The maximum atomic E-state index is 12.8. The number of hydrogen-bond donors (Lipinski definition) is 2. The first-order valence-electron chi connectivity index (χ1n) is 8.23. The number of amides is 1. The van der Waals surface area contributed by atoms with Crippen LogP contribution in [0.2, 0.25) is 0 Å². The number of carbonyl (C=O) groups excluding carboxylic acids is 1. The molecule has 1 aromatic carbocycles. The Hall–Kier alpha value is -1.27. The molecule has 1 amide bonds. The van der Waals surface area contributed by atoms with Crippen LogP contribution in [0.5, 0.6) is 0 Å². The standard InChI is InChI=1S/C18H25N3O2.2ClH/c1-12-10-19-9-8-15(12)20-18(22)17-14(11-21(2)3)13-6-4-5-7-16(13)23-17;;/h4-7,12,15,19H,8-11H2,1-3H3,(H,20,22);2*1H. The van der Waals surface area contributed by atoms with Crippen LogP contribution in [0.4, 0.5) is 0 Å². The third kappa shape index (κ3) is 4.88. The summed E-state index contributed by atoms with van der Waals surface area (Å²) >= 11 is 0. The molecule has 0 aliphatic carbocycles. The molecule has 2 aromatic rings. The third-order valence-electron chi connectivity index (χ3n) is 4.48. The number of carbonyl (C=O) groups is 1. The minimum Gasteiger partial charge on any atom is -0.451 e. The molecule has 5 nitrogen and oxygen atoms in total. The van der Waals surface area contributed by atoms with Gasteiger partial charge in [-0.15, -0.1) is 24.8 Å². The average molecular weight is 388 g/mol. The van der Waals surface area contributed by atoms with E-state index >= 15 is 0 Å². The molecule has 0 bridgehead atoms. The molecule has 1 aliphatic rings. The highest BCUT2D eigenvalue weighted by atomic mass is 35.5. The molecule has 2 atom stereocenters. The molecule has 2 unspecified atom stereocenters. The van der Waals surface area contributed by atoms with E-state index in [0.29, 0.717) is 18.2 Å². The number of hydrogen-bond acceptors (Lipinski definition) is 4. The molecule has 140 valence electrons. The second kappa shape index (κ2) is 9.43. The normalized spacial score (nSPS) is 20.0. The van der Waals surface area contributed by atoms with Crippen molar-refractivity contribution in [2.24, 2.45) is 5.92 Å². The smallest absolute Gasteiger partial charge is 0.287 e. The van der Waals surface area contributed by atoms with E-state index in [4.69, 9.17) is 4.42 Å². The first-order valence-corrected chi connectivity index (χ1v) is 8.23. The lowest BCUT2D eigenvalue weighted by Crippen LogP contribution is -2.48. The number of piperidine rings is 1. The first-order chi connectivity index (χ1) is 11.1. The molecule has 1 aromatic heterocycles. The van der Waals surface area contributed by atoms with Gasteiger partial charge in [-0.25, -0.2) is 0 Å². The minimum atomic E-state index is -0.100. The molecule has 3 rings (SSSR count). The lowest BCUT2D eigenvalue weighted by atomic mass is 9.95. The van der Waals surface area contributed by atoms with Gasteiger partial charge in [0.25, 0.3) is 5.91 Å². The molecule has 2 heterocycles. The van der Waals surface area contributed by atoms with E-state index in [1.165, 1.54) is 0 Å². The van der Waals surface area contributed by atoms with Crippen LogP contribution < -0.4 is 10.6 Å². The van der Waals surface area contributed by atoms with Gasteiger partial charge in [0, 0.05) is 23.5 Å². The van der Waals surface area contributed by atoms with Gasteiger partial charge in [-0.05, 0) is 45.6 Å². The fraction of sp³-hybridized carbons (Fsp3) is 0.500. The van der Waals surface area contributed by atoms with Gasteiger partial charge in [-0.1, -0.05) is 25.1 Å². The molecule has 1 fully saturated rings. The van der Waals surface area contributed by atoms with Gasteiger partial charge in [0.2, 0.25) is 0 Å². The lowest BCUT2D eigenvalue weighted by molar-refractivity contribution is 0.0886.